The fourth-order valence-corrected chi connectivity index (χ4v) is 3.05. The van der Waals surface area contributed by atoms with Gasteiger partial charge in [0.05, 0.1) is 12.4 Å². The predicted octanol–water partition coefficient (Wildman–Crippen LogP) is 2.69. The van der Waals surface area contributed by atoms with Crippen molar-refractivity contribution in [1.82, 2.24) is 19.3 Å². The lowest BCUT2D eigenvalue weighted by atomic mass is 10.1. The molecule has 2 rings (SSSR count). The topological polar surface area (TPSA) is 92.9 Å². The molecule has 0 aliphatic heterocycles. The van der Waals surface area contributed by atoms with E-state index in [1.807, 2.05) is 6.92 Å². The van der Waals surface area contributed by atoms with Crippen LogP contribution < -0.4 is 5.56 Å². The number of aliphatic hydroxyl groups excluding tert-OH is 1. The Kier molecular flexibility index (Phi) is 6.78. The van der Waals surface area contributed by atoms with Crippen LogP contribution in [0.25, 0.3) is 11.2 Å². The summed E-state index contributed by atoms with van der Waals surface area (Å²) in [5.41, 5.74) is 0.616. The average molecular weight is 336 g/mol. The zero-order chi connectivity index (χ0) is 17.5. The van der Waals surface area contributed by atoms with Crippen molar-refractivity contribution in [3.8, 4) is 0 Å². The highest BCUT2D eigenvalue weighted by Crippen LogP contribution is 2.11. The minimum atomic E-state index is -0.202. The molecular formula is C17H28N4O3. The summed E-state index contributed by atoms with van der Waals surface area (Å²) in [7, 11) is 0. The Labute approximate surface area is 141 Å². The van der Waals surface area contributed by atoms with Crippen LogP contribution in [0.5, 0.6) is 0 Å². The summed E-state index contributed by atoms with van der Waals surface area (Å²) >= 11 is 0. The molecule has 0 saturated heterocycles. The van der Waals surface area contributed by atoms with E-state index in [2.05, 4.69) is 9.97 Å². The van der Waals surface area contributed by atoms with Crippen LogP contribution in [0.15, 0.2) is 11.1 Å². The molecule has 7 heteroatoms. The maximum absolute atomic E-state index is 12.3. The molecule has 7 nitrogen and oxygen atoms in total. The first-order valence-electron chi connectivity index (χ1n) is 8.86. The molecule has 0 amide bonds. The molecule has 2 aromatic heterocycles. The predicted molar refractivity (Wildman–Crippen MR) is 93.3 cm³/mol. The quantitative estimate of drug-likeness (QED) is 0.652. The molecule has 0 aliphatic rings. The maximum atomic E-state index is 12.3. The highest BCUT2D eigenvalue weighted by Gasteiger charge is 2.17. The lowest BCUT2D eigenvalue weighted by Gasteiger charge is -2.08. The highest BCUT2D eigenvalue weighted by molar-refractivity contribution is 5.85. The van der Waals surface area contributed by atoms with Gasteiger partial charge in [-0.2, -0.15) is 4.68 Å². The SMILES string of the molecule is CC(=O)n1c2nc[nH]c2c(=O)n1CCCCCCCCCC(C)O. The standard InChI is InChI=1S/C17H28N4O3/c1-13(22)10-8-6-4-3-5-7-9-11-20-17(24)15-16(19-12-18-15)21(20)14(2)23/h12-13,22H,3-11H2,1-2H3,(H,18,19). The molecular weight excluding hydrogens is 308 g/mol. The molecule has 24 heavy (non-hydrogen) atoms. The summed E-state index contributed by atoms with van der Waals surface area (Å²) in [5, 5.41) is 9.19. The normalized spacial score (nSPS) is 12.8. The molecule has 2 heterocycles. The van der Waals surface area contributed by atoms with E-state index >= 15 is 0 Å². The van der Waals surface area contributed by atoms with Crippen LogP contribution in [0, 0.1) is 0 Å². The molecule has 1 unspecified atom stereocenters. The zero-order valence-electron chi connectivity index (χ0n) is 14.6. The summed E-state index contributed by atoms with van der Waals surface area (Å²) in [5.74, 6) is -0.202. The number of hydrogen-bond donors (Lipinski definition) is 2. The van der Waals surface area contributed by atoms with Gasteiger partial charge in [0.1, 0.15) is 0 Å². The number of imidazole rings is 1. The molecule has 2 N–H and O–H groups in total. The second-order valence-electron chi connectivity index (χ2n) is 6.47. The van der Waals surface area contributed by atoms with E-state index in [4.69, 9.17) is 0 Å². The molecule has 0 aliphatic carbocycles. The summed E-state index contributed by atoms with van der Waals surface area (Å²) in [4.78, 5) is 31.0. The van der Waals surface area contributed by atoms with Gasteiger partial charge in [-0.25, -0.2) is 9.67 Å². The van der Waals surface area contributed by atoms with Crippen LogP contribution in [0.1, 0.15) is 70.0 Å². The van der Waals surface area contributed by atoms with Gasteiger partial charge < -0.3 is 10.1 Å². The smallest absolute Gasteiger partial charge is 0.293 e. The van der Waals surface area contributed by atoms with Gasteiger partial charge in [0.15, 0.2) is 11.2 Å². The molecule has 0 aromatic carbocycles. The van der Waals surface area contributed by atoms with E-state index in [9.17, 15) is 14.7 Å². The average Bonchev–Trinajstić information content (AvgIpc) is 3.08. The van der Waals surface area contributed by atoms with Crippen molar-refractivity contribution in [2.75, 3.05) is 0 Å². The number of rotatable bonds is 10. The lowest BCUT2D eigenvalue weighted by Crippen LogP contribution is -2.26. The number of carbonyl (C=O) groups excluding carboxylic acids is 1. The van der Waals surface area contributed by atoms with E-state index in [-0.39, 0.29) is 17.6 Å². The third-order valence-electron chi connectivity index (χ3n) is 4.30. The van der Waals surface area contributed by atoms with E-state index in [1.54, 1.807) is 0 Å². The number of fused-ring (bicyclic) bond motifs is 1. The van der Waals surface area contributed by atoms with Gasteiger partial charge in [0.25, 0.3) is 5.56 Å². The first-order valence-corrected chi connectivity index (χ1v) is 8.86. The Bertz CT molecular complexity index is 711. The van der Waals surface area contributed by atoms with Crippen molar-refractivity contribution >= 4 is 17.1 Å². The second-order valence-corrected chi connectivity index (χ2v) is 6.47. The first-order chi connectivity index (χ1) is 11.5. The van der Waals surface area contributed by atoms with Crippen LogP contribution in [0.3, 0.4) is 0 Å². The molecule has 2 aromatic rings. The van der Waals surface area contributed by atoms with E-state index in [0.29, 0.717) is 17.7 Å². The van der Waals surface area contributed by atoms with Crippen molar-refractivity contribution in [2.45, 2.75) is 77.9 Å². The van der Waals surface area contributed by atoms with Gasteiger partial charge in [-0.1, -0.05) is 38.5 Å². The number of carbonyl (C=O) groups is 1. The van der Waals surface area contributed by atoms with Gasteiger partial charge >= 0.3 is 0 Å². The second kappa shape index (κ2) is 8.82. The van der Waals surface area contributed by atoms with Crippen LogP contribution in [-0.2, 0) is 6.54 Å². The summed E-state index contributed by atoms with van der Waals surface area (Å²) < 4.78 is 2.85. The Morgan fingerprint density at radius 3 is 2.46 bits per heavy atom. The fraction of sp³-hybridized carbons (Fsp3) is 0.706. The van der Waals surface area contributed by atoms with E-state index in [0.717, 1.165) is 38.5 Å². The summed E-state index contributed by atoms with van der Waals surface area (Å²) in [6, 6.07) is 0. The maximum Gasteiger partial charge on any atom is 0.293 e. The van der Waals surface area contributed by atoms with Crippen molar-refractivity contribution in [3.05, 3.63) is 16.7 Å². The van der Waals surface area contributed by atoms with E-state index < -0.39 is 0 Å². The highest BCUT2D eigenvalue weighted by atomic mass is 16.3. The van der Waals surface area contributed by atoms with Crippen LogP contribution >= 0.6 is 0 Å². The number of aromatic amines is 1. The monoisotopic (exact) mass is 336 g/mol. The van der Waals surface area contributed by atoms with Crippen LogP contribution in [-0.4, -0.2) is 36.4 Å². The van der Waals surface area contributed by atoms with Gasteiger partial charge in [0.2, 0.25) is 5.91 Å². The molecule has 0 radical (unpaired) electrons. The largest absolute Gasteiger partial charge is 0.393 e. The zero-order valence-corrected chi connectivity index (χ0v) is 14.6. The minimum Gasteiger partial charge on any atom is -0.393 e. The molecule has 1 atom stereocenters. The number of hydrogen-bond acceptors (Lipinski definition) is 4. The Morgan fingerprint density at radius 1 is 1.21 bits per heavy atom. The summed E-state index contributed by atoms with van der Waals surface area (Å²) in [6.07, 6.45) is 9.75. The van der Waals surface area contributed by atoms with Crippen molar-refractivity contribution in [1.29, 1.82) is 0 Å². The number of nitrogens with one attached hydrogen (secondary N) is 1. The number of H-pyrrole nitrogens is 1. The van der Waals surface area contributed by atoms with Gasteiger partial charge in [-0.05, 0) is 19.8 Å². The van der Waals surface area contributed by atoms with Gasteiger partial charge in [0, 0.05) is 13.5 Å². The minimum absolute atomic E-state index is 0.184. The Morgan fingerprint density at radius 2 is 1.83 bits per heavy atom. The Hall–Kier alpha value is -1.89. The van der Waals surface area contributed by atoms with E-state index in [1.165, 1.54) is 35.5 Å². The third kappa shape index (κ3) is 4.56. The molecule has 0 fully saturated rings. The number of aromatic nitrogens is 4. The van der Waals surface area contributed by atoms with Crippen molar-refractivity contribution < 1.29 is 9.90 Å². The first kappa shape index (κ1) is 18.4. The van der Waals surface area contributed by atoms with Gasteiger partial charge in [-0.3, -0.25) is 9.59 Å². The molecule has 134 valence electrons. The molecule has 0 spiro atoms. The van der Waals surface area contributed by atoms with Gasteiger partial charge in [-0.15, -0.1) is 0 Å². The number of nitrogens with zero attached hydrogens (tertiary/aromatic N) is 3. The molecule has 0 saturated carbocycles. The summed E-state index contributed by atoms with van der Waals surface area (Å²) in [6.45, 7) is 3.80. The van der Waals surface area contributed by atoms with Crippen molar-refractivity contribution in [2.24, 2.45) is 0 Å². The molecule has 0 bridgehead atoms. The number of unbranched alkanes of at least 4 members (excludes halogenated alkanes) is 6. The third-order valence-corrected chi connectivity index (χ3v) is 4.30. The fourth-order valence-electron chi connectivity index (χ4n) is 3.05. The number of aliphatic hydroxyl groups is 1. The Balaban J connectivity index is 1.75. The van der Waals surface area contributed by atoms with Crippen LogP contribution in [0.4, 0.5) is 0 Å². The van der Waals surface area contributed by atoms with Crippen molar-refractivity contribution in [3.63, 3.8) is 0 Å². The van der Waals surface area contributed by atoms with Crippen LogP contribution in [0.2, 0.25) is 0 Å². The lowest BCUT2D eigenvalue weighted by molar-refractivity contribution is 0.0906.